The molecule has 0 radical (unpaired) electrons. The van der Waals surface area contributed by atoms with Crippen molar-refractivity contribution in [2.45, 2.75) is 6.92 Å². The summed E-state index contributed by atoms with van der Waals surface area (Å²) < 4.78 is 1.06. The molecule has 0 fully saturated rings. The van der Waals surface area contributed by atoms with Crippen LogP contribution in [0.2, 0.25) is 0 Å². The number of pyridine rings is 1. The summed E-state index contributed by atoms with van der Waals surface area (Å²) in [6, 6.07) is 17.0. The first-order chi connectivity index (χ1) is 14.0. The fourth-order valence-electron chi connectivity index (χ4n) is 2.88. The molecule has 144 valence electrons. The summed E-state index contributed by atoms with van der Waals surface area (Å²) in [5, 5.41) is 18.8. The van der Waals surface area contributed by atoms with Gasteiger partial charge in [0.1, 0.15) is 6.33 Å². The second-order valence-electron chi connectivity index (χ2n) is 6.26. The van der Waals surface area contributed by atoms with Gasteiger partial charge in [-0.2, -0.15) is 0 Å². The highest BCUT2D eigenvalue weighted by Crippen LogP contribution is 2.34. The maximum Gasteiger partial charge on any atom is 0.353 e. The zero-order valence-corrected chi connectivity index (χ0v) is 17.4. The Hall–Kier alpha value is -3.34. The molecule has 4 aromatic rings. The third-order valence-corrected chi connectivity index (χ3v) is 4.94. The Kier molecular flexibility index (Phi) is 5.21. The van der Waals surface area contributed by atoms with Gasteiger partial charge in [-0.15, -0.1) is 0 Å². The largest absolute Gasteiger partial charge is 0.353 e. The molecule has 0 amide bonds. The van der Waals surface area contributed by atoms with E-state index in [9.17, 15) is 10.1 Å². The number of para-hydroxylation sites is 1. The first-order valence-corrected chi connectivity index (χ1v) is 9.74. The van der Waals surface area contributed by atoms with E-state index in [1.165, 1.54) is 6.33 Å². The molecule has 4 rings (SSSR count). The van der Waals surface area contributed by atoms with Gasteiger partial charge in [0.2, 0.25) is 11.6 Å². The summed E-state index contributed by atoms with van der Waals surface area (Å²) in [5.74, 6) is 0.201. The minimum absolute atomic E-state index is 0.0915. The number of rotatable bonds is 5. The van der Waals surface area contributed by atoms with E-state index in [2.05, 4.69) is 48.2 Å². The van der Waals surface area contributed by atoms with Crippen molar-refractivity contribution in [1.29, 1.82) is 0 Å². The SMILES string of the molecule is Cc1ccc2cccc(Nc3ncnc(Nc4ccc(I)cc4)c3[N+](=O)[O-])c2n1. The molecule has 2 heterocycles. The van der Waals surface area contributed by atoms with Crippen molar-refractivity contribution >= 4 is 62.2 Å². The van der Waals surface area contributed by atoms with Crippen LogP contribution in [0, 0.1) is 20.6 Å². The molecule has 0 saturated heterocycles. The molecule has 0 saturated carbocycles. The zero-order chi connectivity index (χ0) is 20.4. The number of halogens is 1. The quantitative estimate of drug-likeness (QED) is 0.218. The smallest absolute Gasteiger partial charge is 0.334 e. The van der Waals surface area contributed by atoms with Gasteiger partial charge in [-0.1, -0.05) is 18.2 Å². The van der Waals surface area contributed by atoms with Crippen molar-refractivity contribution in [2.24, 2.45) is 0 Å². The molecule has 8 nitrogen and oxygen atoms in total. The van der Waals surface area contributed by atoms with Crippen LogP contribution in [-0.2, 0) is 0 Å². The average Bonchev–Trinajstić information content (AvgIpc) is 2.70. The Morgan fingerprint density at radius 2 is 1.69 bits per heavy atom. The van der Waals surface area contributed by atoms with Crippen molar-refractivity contribution in [3.05, 3.63) is 80.3 Å². The number of hydrogen-bond donors (Lipinski definition) is 2. The van der Waals surface area contributed by atoms with Crippen LogP contribution in [-0.4, -0.2) is 19.9 Å². The molecule has 0 bridgehead atoms. The standard InChI is InChI=1S/C20H15IN6O2/c1-12-5-6-13-3-2-4-16(17(13)24-12)26-20-18(27(28)29)19(22-11-23-20)25-15-9-7-14(21)8-10-15/h2-11H,1H3,(H2,22,23,25,26). The highest BCUT2D eigenvalue weighted by atomic mass is 127. The first kappa shape index (κ1) is 19.0. The molecule has 2 aromatic carbocycles. The lowest BCUT2D eigenvalue weighted by molar-refractivity contribution is -0.383. The van der Waals surface area contributed by atoms with Gasteiger partial charge >= 0.3 is 5.69 Å². The number of nitrogens with zero attached hydrogens (tertiary/aromatic N) is 4. The van der Waals surface area contributed by atoms with Gasteiger partial charge in [0.05, 0.1) is 16.1 Å². The Morgan fingerprint density at radius 1 is 0.966 bits per heavy atom. The molecular weight excluding hydrogens is 483 g/mol. The summed E-state index contributed by atoms with van der Waals surface area (Å²) in [6.07, 6.45) is 1.29. The van der Waals surface area contributed by atoms with Gasteiger partial charge in [-0.25, -0.2) is 9.97 Å². The molecule has 2 N–H and O–H groups in total. The molecule has 29 heavy (non-hydrogen) atoms. The summed E-state index contributed by atoms with van der Waals surface area (Å²) in [7, 11) is 0. The summed E-state index contributed by atoms with van der Waals surface area (Å²) in [6.45, 7) is 1.90. The van der Waals surface area contributed by atoms with E-state index >= 15 is 0 Å². The molecular formula is C20H15IN6O2. The average molecular weight is 498 g/mol. The van der Waals surface area contributed by atoms with Crippen molar-refractivity contribution in [3.63, 3.8) is 0 Å². The van der Waals surface area contributed by atoms with Crippen molar-refractivity contribution in [3.8, 4) is 0 Å². The molecule has 0 spiro atoms. The summed E-state index contributed by atoms with van der Waals surface area (Å²) in [4.78, 5) is 24.1. The maximum absolute atomic E-state index is 11.8. The van der Waals surface area contributed by atoms with Gasteiger partial charge in [0.25, 0.3) is 0 Å². The second-order valence-corrected chi connectivity index (χ2v) is 7.51. The lowest BCUT2D eigenvalue weighted by Gasteiger charge is -2.11. The molecule has 0 aliphatic rings. The normalized spacial score (nSPS) is 10.7. The van der Waals surface area contributed by atoms with Crippen molar-refractivity contribution in [1.82, 2.24) is 15.0 Å². The van der Waals surface area contributed by atoms with E-state index in [1.54, 1.807) is 0 Å². The van der Waals surface area contributed by atoms with Gasteiger partial charge < -0.3 is 10.6 Å². The third-order valence-electron chi connectivity index (χ3n) is 4.22. The highest BCUT2D eigenvalue weighted by Gasteiger charge is 2.24. The lowest BCUT2D eigenvalue weighted by atomic mass is 10.1. The van der Waals surface area contributed by atoms with E-state index in [1.807, 2.05) is 61.5 Å². The van der Waals surface area contributed by atoms with E-state index in [4.69, 9.17) is 0 Å². The number of aromatic nitrogens is 3. The lowest BCUT2D eigenvalue weighted by Crippen LogP contribution is -2.06. The van der Waals surface area contributed by atoms with Crippen LogP contribution in [0.1, 0.15) is 5.69 Å². The van der Waals surface area contributed by atoms with Gasteiger partial charge in [0.15, 0.2) is 0 Å². The van der Waals surface area contributed by atoms with Gasteiger partial charge in [-0.3, -0.25) is 15.1 Å². The Morgan fingerprint density at radius 3 is 2.41 bits per heavy atom. The number of anilines is 4. The van der Waals surface area contributed by atoms with E-state index < -0.39 is 4.92 Å². The fraction of sp³-hybridized carbons (Fsp3) is 0.0500. The predicted octanol–water partition coefficient (Wildman–Crippen LogP) is 5.33. The number of nitrogens with one attached hydrogen (secondary N) is 2. The number of nitro groups is 1. The molecule has 0 unspecified atom stereocenters. The van der Waals surface area contributed by atoms with Gasteiger partial charge in [-0.05, 0) is 65.9 Å². The van der Waals surface area contributed by atoms with Crippen LogP contribution < -0.4 is 10.6 Å². The molecule has 2 aromatic heterocycles. The number of aryl methyl sites for hydroxylation is 1. The zero-order valence-electron chi connectivity index (χ0n) is 15.3. The molecule has 0 aliphatic carbocycles. The Labute approximate surface area is 179 Å². The first-order valence-electron chi connectivity index (χ1n) is 8.66. The van der Waals surface area contributed by atoms with E-state index in [0.717, 1.165) is 14.7 Å². The van der Waals surface area contributed by atoms with Crippen LogP contribution in [0.4, 0.5) is 28.7 Å². The summed E-state index contributed by atoms with van der Waals surface area (Å²) >= 11 is 2.19. The van der Waals surface area contributed by atoms with Crippen LogP contribution in [0.3, 0.4) is 0 Å². The topological polar surface area (TPSA) is 106 Å². The van der Waals surface area contributed by atoms with E-state index in [0.29, 0.717) is 16.9 Å². The highest BCUT2D eigenvalue weighted by molar-refractivity contribution is 14.1. The van der Waals surface area contributed by atoms with E-state index in [-0.39, 0.29) is 17.3 Å². The van der Waals surface area contributed by atoms with Crippen LogP contribution in [0.15, 0.2) is 60.9 Å². The fourth-order valence-corrected chi connectivity index (χ4v) is 3.24. The maximum atomic E-state index is 11.8. The third kappa shape index (κ3) is 4.09. The number of fused-ring (bicyclic) bond motifs is 1. The predicted molar refractivity (Wildman–Crippen MR) is 121 cm³/mol. The van der Waals surface area contributed by atoms with Gasteiger partial charge in [0, 0.05) is 20.3 Å². The Balaban J connectivity index is 1.76. The summed E-state index contributed by atoms with van der Waals surface area (Å²) in [5.41, 5.74) is 2.65. The molecule has 9 heteroatoms. The minimum Gasteiger partial charge on any atom is -0.334 e. The van der Waals surface area contributed by atoms with Crippen LogP contribution in [0.5, 0.6) is 0 Å². The van der Waals surface area contributed by atoms with Crippen molar-refractivity contribution < 1.29 is 4.92 Å². The van der Waals surface area contributed by atoms with Crippen LogP contribution >= 0.6 is 22.6 Å². The number of hydrogen-bond acceptors (Lipinski definition) is 7. The Bertz CT molecular complexity index is 1210. The van der Waals surface area contributed by atoms with Crippen LogP contribution in [0.25, 0.3) is 10.9 Å². The second kappa shape index (κ2) is 7.95. The number of benzene rings is 2. The molecule has 0 aliphatic heterocycles. The minimum atomic E-state index is -0.499. The van der Waals surface area contributed by atoms with Crippen molar-refractivity contribution in [2.75, 3.05) is 10.6 Å². The monoisotopic (exact) mass is 498 g/mol. The molecule has 0 atom stereocenters.